The first-order valence-electron chi connectivity index (χ1n) is 7.22. The molecule has 0 bridgehead atoms. The van der Waals surface area contributed by atoms with Crippen LogP contribution in [0.5, 0.6) is 0 Å². The third-order valence-electron chi connectivity index (χ3n) is 4.30. The monoisotopic (exact) mass is 299 g/mol. The maximum Gasteiger partial charge on any atom is 0.0847 e. The fraction of sp³-hybridized carbons (Fsp3) is 0.786. The van der Waals surface area contributed by atoms with Crippen molar-refractivity contribution in [1.82, 2.24) is 19.6 Å². The summed E-state index contributed by atoms with van der Waals surface area (Å²) in [6.45, 7) is 5.18. The van der Waals surface area contributed by atoms with Gasteiger partial charge in [-0.05, 0) is 40.5 Å². The van der Waals surface area contributed by atoms with Crippen LogP contribution in [0.4, 0.5) is 0 Å². The van der Waals surface area contributed by atoms with Gasteiger partial charge in [0, 0.05) is 32.1 Å². The van der Waals surface area contributed by atoms with E-state index < -0.39 is 0 Å². The summed E-state index contributed by atoms with van der Waals surface area (Å²) in [6, 6.07) is 0.418. The van der Waals surface area contributed by atoms with Crippen molar-refractivity contribution in [2.45, 2.75) is 31.8 Å². The molecule has 2 unspecified atom stereocenters. The van der Waals surface area contributed by atoms with Gasteiger partial charge in [0.25, 0.3) is 0 Å². The fourth-order valence-corrected chi connectivity index (χ4v) is 3.27. The van der Waals surface area contributed by atoms with Gasteiger partial charge in [0.1, 0.15) is 0 Å². The van der Waals surface area contributed by atoms with Crippen LogP contribution in [0.1, 0.15) is 17.8 Å². The number of nitrogens with two attached hydrogens (primary N) is 1. The molecular weight excluding hydrogens is 274 g/mol. The summed E-state index contributed by atoms with van der Waals surface area (Å²) in [7, 11) is 6.27. The first kappa shape index (κ1) is 15.8. The second-order valence-corrected chi connectivity index (χ2v) is 6.38. The fourth-order valence-electron chi connectivity index (χ4n) is 3.03. The summed E-state index contributed by atoms with van der Waals surface area (Å²) < 4.78 is 1.86. The third-order valence-corrected chi connectivity index (χ3v) is 4.79. The predicted molar refractivity (Wildman–Crippen MR) is 83.2 cm³/mol. The molecular formula is C14H26ClN5. The van der Waals surface area contributed by atoms with E-state index >= 15 is 0 Å². The van der Waals surface area contributed by atoms with Crippen molar-refractivity contribution in [2.75, 3.05) is 33.7 Å². The van der Waals surface area contributed by atoms with Crippen LogP contribution in [-0.2, 0) is 13.5 Å². The number of nitrogens with zero attached hydrogens (tertiary/aromatic N) is 4. The zero-order valence-corrected chi connectivity index (χ0v) is 13.7. The molecule has 1 aromatic heterocycles. The van der Waals surface area contributed by atoms with Crippen LogP contribution >= 0.6 is 11.6 Å². The van der Waals surface area contributed by atoms with Gasteiger partial charge in [0.2, 0.25) is 0 Å². The highest BCUT2D eigenvalue weighted by Gasteiger charge is 2.27. The molecule has 0 amide bonds. The van der Waals surface area contributed by atoms with Crippen molar-refractivity contribution in [3.63, 3.8) is 0 Å². The summed E-state index contributed by atoms with van der Waals surface area (Å²) in [4.78, 5) is 4.75. The van der Waals surface area contributed by atoms with E-state index in [1.807, 2.05) is 18.7 Å². The van der Waals surface area contributed by atoms with Gasteiger partial charge in [-0.3, -0.25) is 4.68 Å². The lowest BCUT2D eigenvalue weighted by molar-refractivity contribution is 0.194. The van der Waals surface area contributed by atoms with E-state index in [4.69, 9.17) is 17.3 Å². The molecule has 2 N–H and O–H groups in total. The third kappa shape index (κ3) is 3.34. The maximum atomic E-state index is 6.48. The number of halogens is 1. The summed E-state index contributed by atoms with van der Waals surface area (Å²) in [5.41, 5.74) is 8.40. The van der Waals surface area contributed by atoms with Gasteiger partial charge in [-0.1, -0.05) is 11.6 Å². The van der Waals surface area contributed by atoms with Crippen LogP contribution in [0, 0.1) is 6.92 Å². The molecule has 2 atom stereocenters. The number of hydrogen-bond acceptors (Lipinski definition) is 4. The van der Waals surface area contributed by atoms with Gasteiger partial charge < -0.3 is 15.5 Å². The van der Waals surface area contributed by atoms with E-state index in [9.17, 15) is 0 Å². The highest BCUT2D eigenvalue weighted by atomic mass is 35.5. The Balaban J connectivity index is 2.11. The maximum absolute atomic E-state index is 6.48. The van der Waals surface area contributed by atoms with Crippen molar-refractivity contribution >= 4 is 11.6 Å². The predicted octanol–water partition coefficient (Wildman–Crippen LogP) is 0.888. The summed E-state index contributed by atoms with van der Waals surface area (Å²) in [6.07, 6.45) is 1.96. The Morgan fingerprint density at radius 1 is 1.35 bits per heavy atom. The zero-order valence-electron chi connectivity index (χ0n) is 12.9. The molecule has 1 saturated heterocycles. The van der Waals surface area contributed by atoms with Crippen LogP contribution in [-0.4, -0.2) is 65.4 Å². The minimum atomic E-state index is 0.0628. The molecule has 114 valence electrons. The van der Waals surface area contributed by atoms with Crippen molar-refractivity contribution in [3.05, 3.63) is 16.4 Å². The molecule has 2 heterocycles. The number of likely N-dealkylation sites (N-methyl/N-ethyl adjacent to an activating group) is 2. The Bertz CT molecular complexity index is 459. The SMILES string of the molecule is Cc1nn(C)c(CC(N)C2CN(C)CCCN2C)c1Cl. The molecule has 0 aromatic carbocycles. The minimum absolute atomic E-state index is 0.0628. The van der Waals surface area contributed by atoms with E-state index in [0.717, 1.165) is 42.5 Å². The molecule has 1 fully saturated rings. The first-order valence-corrected chi connectivity index (χ1v) is 7.60. The van der Waals surface area contributed by atoms with Crippen LogP contribution in [0.2, 0.25) is 5.02 Å². The van der Waals surface area contributed by atoms with E-state index in [2.05, 4.69) is 29.0 Å². The second kappa shape index (κ2) is 6.43. The Hall–Kier alpha value is -0.620. The molecule has 0 aliphatic carbocycles. The highest BCUT2D eigenvalue weighted by molar-refractivity contribution is 6.31. The molecule has 5 nitrogen and oxygen atoms in total. The molecule has 2 rings (SSSR count). The van der Waals surface area contributed by atoms with Gasteiger partial charge in [0.15, 0.2) is 0 Å². The molecule has 1 aliphatic rings. The molecule has 0 saturated carbocycles. The molecule has 6 heteroatoms. The standard InChI is InChI=1S/C14H26ClN5/c1-10-14(15)12(20(4)17-10)8-11(16)13-9-18(2)6-5-7-19(13)3/h11,13H,5-9,16H2,1-4H3. The second-order valence-electron chi connectivity index (χ2n) is 6.00. The number of rotatable bonds is 3. The van der Waals surface area contributed by atoms with E-state index in [1.165, 1.54) is 6.42 Å². The zero-order chi connectivity index (χ0) is 14.9. The van der Waals surface area contributed by atoms with Crippen LogP contribution in [0.25, 0.3) is 0 Å². The van der Waals surface area contributed by atoms with E-state index in [-0.39, 0.29) is 6.04 Å². The number of hydrogen-bond donors (Lipinski definition) is 1. The summed E-state index contributed by atoms with van der Waals surface area (Å²) in [5, 5.41) is 5.12. The van der Waals surface area contributed by atoms with Crippen LogP contribution in [0.15, 0.2) is 0 Å². The van der Waals surface area contributed by atoms with E-state index in [0.29, 0.717) is 6.04 Å². The number of aryl methyl sites for hydroxylation is 2. The van der Waals surface area contributed by atoms with Gasteiger partial charge in [-0.15, -0.1) is 0 Å². The number of aromatic nitrogens is 2. The average molecular weight is 300 g/mol. The Morgan fingerprint density at radius 2 is 2.05 bits per heavy atom. The van der Waals surface area contributed by atoms with Crippen molar-refractivity contribution in [2.24, 2.45) is 12.8 Å². The lowest BCUT2D eigenvalue weighted by Gasteiger charge is -2.32. The first-order chi connectivity index (χ1) is 9.40. The highest BCUT2D eigenvalue weighted by Crippen LogP contribution is 2.22. The Morgan fingerprint density at radius 3 is 2.65 bits per heavy atom. The lowest BCUT2D eigenvalue weighted by Crippen LogP contribution is -2.51. The quantitative estimate of drug-likeness (QED) is 0.900. The van der Waals surface area contributed by atoms with Crippen molar-refractivity contribution < 1.29 is 0 Å². The molecule has 1 aromatic rings. The topological polar surface area (TPSA) is 50.3 Å². The molecule has 1 aliphatic heterocycles. The van der Waals surface area contributed by atoms with Crippen LogP contribution < -0.4 is 5.73 Å². The molecule has 0 radical (unpaired) electrons. The van der Waals surface area contributed by atoms with Gasteiger partial charge >= 0.3 is 0 Å². The summed E-state index contributed by atoms with van der Waals surface area (Å²) in [5.74, 6) is 0. The molecule has 0 spiro atoms. The lowest BCUT2D eigenvalue weighted by atomic mass is 10.0. The Kier molecular flexibility index (Phi) is 5.07. The van der Waals surface area contributed by atoms with Gasteiger partial charge in [-0.25, -0.2) is 0 Å². The van der Waals surface area contributed by atoms with Gasteiger partial charge in [-0.2, -0.15) is 5.10 Å². The normalized spacial score (nSPS) is 23.8. The smallest absolute Gasteiger partial charge is 0.0847 e. The van der Waals surface area contributed by atoms with Crippen LogP contribution in [0.3, 0.4) is 0 Å². The molecule has 20 heavy (non-hydrogen) atoms. The van der Waals surface area contributed by atoms with E-state index in [1.54, 1.807) is 0 Å². The average Bonchev–Trinajstić information content (AvgIpc) is 2.54. The van der Waals surface area contributed by atoms with Gasteiger partial charge in [0.05, 0.1) is 16.4 Å². The minimum Gasteiger partial charge on any atom is -0.326 e. The Labute approximate surface area is 126 Å². The summed E-state index contributed by atoms with van der Waals surface area (Å²) >= 11 is 6.33. The largest absolute Gasteiger partial charge is 0.326 e. The van der Waals surface area contributed by atoms with Crippen molar-refractivity contribution in [1.29, 1.82) is 0 Å². The van der Waals surface area contributed by atoms with Crippen molar-refractivity contribution in [3.8, 4) is 0 Å².